The molecule has 1 heterocycles. The minimum atomic E-state index is -0.300. The van der Waals surface area contributed by atoms with E-state index in [9.17, 15) is 9.59 Å². The Kier molecular flexibility index (Phi) is 10.0. The second kappa shape index (κ2) is 14.3. The summed E-state index contributed by atoms with van der Waals surface area (Å²) >= 11 is 0. The molecule has 0 aliphatic heterocycles. The molecule has 1 amide bonds. The third-order valence-electron chi connectivity index (χ3n) is 7.79. The van der Waals surface area contributed by atoms with E-state index >= 15 is 0 Å². The van der Waals surface area contributed by atoms with Gasteiger partial charge in [-0.25, -0.2) is 4.98 Å². The first-order valence-corrected chi connectivity index (χ1v) is 15.7. The van der Waals surface area contributed by atoms with Crippen molar-refractivity contribution in [2.24, 2.45) is 5.10 Å². The number of benzene rings is 4. The van der Waals surface area contributed by atoms with E-state index in [4.69, 9.17) is 19.6 Å². The Morgan fingerprint density at radius 1 is 0.979 bits per heavy atom. The van der Waals surface area contributed by atoms with Crippen LogP contribution in [-0.2, 0) is 4.79 Å². The van der Waals surface area contributed by atoms with Crippen LogP contribution in [0.4, 0.5) is 11.4 Å². The highest BCUT2D eigenvalue weighted by atomic mass is 16.5. The molecule has 9 heteroatoms. The van der Waals surface area contributed by atoms with Crippen LogP contribution in [0.3, 0.4) is 0 Å². The molecule has 0 spiro atoms. The van der Waals surface area contributed by atoms with E-state index in [2.05, 4.69) is 19.2 Å². The normalized spacial score (nSPS) is 11.3. The summed E-state index contributed by atoms with van der Waals surface area (Å²) in [5.74, 6) is 1.56. The summed E-state index contributed by atoms with van der Waals surface area (Å²) in [6.07, 6.45) is 1.57. The molecule has 1 aromatic heterocycles. The van der Waals surface area contributed by atoms with E-state index in [1.165, 1.54) is 4.68 Å². The molecule has 0 bridgehead atoms. The van der Waals surface area contributed by atoms with Gasteiger partial charge in [-0.2, -0.15) is 9.78 Å². The average molecular weight is 632 g/mol. The van der Waals surface area contributed by atoms with Gasteiger partial charge in [0.1, 0.15) is 11.5 Å². The lowest BCUT2D eigenvalue weighted by atomic mass is 9.96. The van der Waals surface area contributed by atoms with Crippen LogP contribution < -0.4 is 25.2 Å². The van der Waals surface area contributed by atoms with Crippen LogP contribution in [0.2, 0.25) is 0 Å². The van der Waals surface area contributed by atoms with Crippen LogP contribution in [0.15, 0.2) is 88.8 Å². The molecule has 0 aliphatic rings. The largest absolute Gasteiger partial charge is 0.494 e. The molecule has 0 atom stereocenters. The Bertz CT molecular complexity index is 2000. The van der Waals surface area contributed by atoms with Gasteiger partial charge in [-0.1, -0.05) is 43.7 Å². The number of nitrogens with zero attached hydrogens (tertiary/aromatic N) is 4. The van der Waals surface area contributed by atoms with Crippen LogP contribution >= 0.6 is 0 Å². The average Bonchev–Trinajstić information content (AvgIpc) is 3.04. The summed E-state index contributed by atoms with van der Waals surface area (Å²) in [5, 5.41) is 8.02. The van der Waals surface area contributed by atoms with Crippen molar-refractivity contribution >= 4 is 34.4 Å². The molecule has 9 nitrogen and oxygen atoms in total. The van der Waals surface area contributed by atoms with Crippen LogP contribution in [0, 0.1) is 13.8 Å². The summed E-state index contributed by atoms with van der Waals surface area (Å²) in [5.41, 5.74) is 6.25. The number of aromatic nitrogens is 2. The van der Waals surface area contributed by atoms with Crippen molar-refractivity contribution in [2.45, 2.75) is 40.5 Å². The predicted octanol–water partition coefficient (Wildman–Crippen LogP) is 7.17. The van der Waals surface area contributed by atoms with Crippen LogP contribution in [0.5, 0.6) is 11.5 Å². The van der Waals surface area contributed by atoms with E-state index in [0.29, 0.717) is 40.3 Å². The minimum Gasteiger partial charge on any atom is -0.494 e. The maximum absolute atomic E-state index is 14.0. The van der Waals surface area contributed by atoms with Gasteiger partial charge in [0, 0.05) is 42.7 Å². The molecule has 1 N–H and O–H groups in total. The zero-order valence-electron chi connectivity index (χ0n) is 28.0. The topological polar surface area (TPSA) is 98.1 Å². The first kappa shape index (κ1) is 32.9. The third kappa shape index (κ3) is 7.52. The summed E-state index contributed by atoms with van der Waals surface area (Å²) in [6, 6.07) is 24.5. The number of nitrogens with one attached hydrogen (secondary N) is 1. The van der Waals surface area contributed by atoms with Gasteiger partial charge < -0.3 is 19.7 Å². The van der Waals surface area contributed by atoms with Gasteiger partial charge in [0.15, 0.2) is 12.4 Å². The molecule has 0 unspecified atom stereocenters. The molecule has 0 aliphatic carbocycles. The highest BCUT2D eigenvalue weighted by Gasteiger charge is 2.19. The fourth-order valence-electron chi connectivity index (χ4n) is 5.21. The van der Waals surface area contributed by atoms with Crippen molar-refractivity contribution < 1.29 is 14.3 Å². The molecule has 0 saturated heterocycles. The Morgan fingerprint density at radius 2 is 1.72 bits per heavy atom. The molecule has 0 radical (unpaired) electrons. The summed E-state index contributed by atoms with van der Waals surface area (Å²) in [7, 11) is 3.85. The highest BCUT2D eigenvalue weighted by molar-refractivity contribution is 5.92. The second-order valence-electron chi connectivity index (χ2n) is 11.9. The molecule has 0 saturated carbocycles. The number of aryl methyl sites for hydroxylation is 2. The molecular weight excluding hydrogens is 590 g/mol. The zero-order valence-corrected chi connectivity index (χ0v) is 28.0. The maximum atomic E-state index is 14.0. The summed E-state index contributed by atoms with van der Waals surface area (Å²) in [4.78, 5) is 33.6. The van der Waals surface area contributed by atoms with E-state index in [-0.39, 0.29) is 24.0 Å². The van der Waals surface area contributed by atoms with Crippen molar-refractivity contribution in [2.75, 3.05) is 37.5 Å². The summed E-state index contributed by atoms with van der Waals surface area (Å²) in [6.45, 7) is 10.5. The number of amides is 1. The fraction of sp³-hybridized carbons (Fsp3) is 0.263. The molecule has 4 aromatic carbocycles. The predicted molar refractivity (Wildman–Crippen MR) is 190 cm³/mol. The van der Waals surface area contributed by atoms with Gasteiger partial charge in [-0.3, -0.25) is 9.59 Å². The Labute approximate surface area is 275 Å². The van der Waals surface area contributed by atoms with Gasteiger partial charge in [0.05, 0.1) is 23.7 Å². The van der Waals surface area contributed by atoms with Crippen molar-refractivity contribution in [3.05, 3.63) is 111 Å². The lowest BCUT2D eigenvalue weighted by Crippen LogP contribution is -2.21. The lowest BCUT2D eigenvalue weighted by molar-refractivity contribution is -0.118. The second-order valence-corrected chi connectivity index (χ2v) is 11.9. The SMILES string of the molecule is CCOc1cc(C)c(-c2nc3ccccc3c(=O)n2N=Cc2ccc(N(C)C)cc2OCC(=O)Nc2ccc(C)cc2)cc1C(C)C. The van der Waals surface area contributed by atoms with Crippen LogP contribution in [0.25, 0.3) is 22.3 Å². The first-order valence-electron chi connectivity index (χ1n) is 15.7. The number of hydrogen-bond donors (Lipinski definition) is 1. The van der Waals surface area contributed by atoms with E-state index < -0.39 is 0 Å². The molecule has 5 aromatic rings. The van der Waals surface area contributed by atoms with Gasteiger partial charge in [-0.15, -0.1) is 0 Å². The first-order chi connectivity index (χ1) is 22.5. The van der Waals surface area contributed by atoms with E-state index in [1.54, 1.807) is 12.3 Å². The van der Waals surface area contributed by atoms with Crippen LogP contribution in [-0.4, -0.2) is 49.1 Å². The van der Waals surface area contributed by atoms with E-state index in [1.807, 2.05) is 113 Å². The molecule has 47 heavy (non-hydrogen) atoms. The van der Waals surface area contributed by atoms with Gasteiger partial charge >= 0.3 is 0 Å². The lowest BCUT2D eigenvalue weighted by Gasteiger charge is -2.18. The van der Waals surface area contributed by atoms with Crippen molar-refractivity contribution in [3.8, 4) is 22.9 Å². The Hall–Kier alpha value is -5.44. The van der Waals surface area contributed by atoms with Crippen LogP contribution in [0.1, 0.15) is 48.9 Å². The number of hydrogen-bond acceptors (Lipinski definition) is 7. The highest BCUT2D eigenvalue weighted by Crippen LogP contribution is 2.34. The number of carbonyl (C=O) groups is 1. The Morgan fingerprint density at radius 3 is 2.43 bits per heavy atom. The third-order valence-corrected chi connectivity index (χ3v) is 7.79. The number of para-hydroxylation sites is 1. The van der Waals surface area contributed by atoms with E-state index in [0.717, 1.165) is 33.7 Å². The quantitative estimate of drug-likeness (QED) is 0.155. The van der Waals surface area contributed by atoms with Gasteiger partial charge in [-0.05, 0) is 86.3 Å². The van der Waals surface area contributed by atoms with Crippen molar-refractivity contribution in [1.82, 2.24) is 9.66 Å². The van der Waals surface area contributed by atoms with Gasteiger partial charge in [0.2, 0.25) is 0 Å². The number of rotatable bonds is 11. The molecular formula is C38H41N5O4. The molecule has 5 rings (SSSR count). The van der Waals surface area contributed by atoms with Gasteiger partial charge in [0.25, 0.3) is 11.5 Å². The fourth-order valence-corrected chi connectivity index (χ4v) is 5.21. The zero-order chi connectivity index (χ0) is 33.7. The van der Waals surface area contributed by atoms with Crippen molar-refractivity contribution in [3.63, 3.8) is 0 Å². The number of carbonyl (C=O) groups excluding carboxylic acids is 1. The molecule has 0 fully saturated rings. The smallest absolute Gasteiger partial charge is 0.282 e. The molecule has 242 valence electrons. The Balaban J connectivity index is 1.57. The number of ether oxygens (including phenoxy) is 2. The minimum absolute atomic E-state index is 0.179. The summed E-state index contributed by atoms with van der Waals surface area (Å²) < 4.78 is 13.3. The van der Waals surface area contributed by atoms with Crippen molar-refractivity contribution in [1.29, 1.82) is 0 Å². The standard InChI is InChI=1S/C38H41N5O4/c1-8-46-35-19-26(5)32(21-31(35)24(2)3)37-41-33-12-10-9-11-30(33)38(45)43(37)39-22-27-15-18-29(42(6)7)20-34(27)47-23-36(44)40-28-16-13-25(4)14-17-28/h9-22,24H,8,23H2,1-7H3,(H,40,44). The monoisotopic (exact) mass is 631 g/mol. The maximum Gasteiger partial charge on any atom is 0.282 e. The number of anilines is 2. The number of fused-ring (bicyclic) bond motifs is 1.